The number of alkyl halides is 3. The monoisotopic (exact) mass is 795 g/mol. The molecule has 0 bridgehead atoms. The van der Waals surface area contributed by atoms with E-state index in [-0.39, 0.29) is 60.1 Å². The number of hydrogen-bond donors (Lipinski definition) is 3. The number of hydrogen-bond acceptors (Lipinski definition) is 12. The lowest BCUT2D eigenvalue weighted by atomic mass is 9.93. The Morgan fingerprint density at radius 1 is 1.17 bits per heavy atom. The van der Waals surface area contributed by atoms with Crippen LogP contribution in [0.1, 0.15) is 62.1 Å². The van der Waals surface area contributed by atoms with E-state index in [1.165, 1.54) is 46.1 Å². The number of carbonyl (C=O) groups is 2. The van der Waals surface area contributed by atoms with Gasteiger partial charge in [0.2, 0.25) is 5.88 Å². The molecule has 1 aliphatic carbocycles. The Balaban J connectivity index is 1.08. The van der Waals surface area contributed by atoms with Crippen molar-refractivity contribution >= 4 is 39.4 Å². The number of likely N-dealkylation sites (tertiary alicyclic amines) is 1. The molecule has 1 saturated carbocycles. The number of carbonyl (C=O) groups excluding carboxylic acids is 1. The summed E-state index contributed by atoms with van der Waals surface area (Å²) in [4.78, 5) is 36.5. The molecule has 0 radical (unpaired) electrons. The molecule has 2 aliphatic rings. The third kappa shape index (κ3) is 9.17. The topological polar surface area (TPSA) is 214 Å². The Hall–Kier alpha value is -5.05. The highest BCUT2D eigenvalue weighted by atomic mass is 35.5. The maximum atomic E-state index is 13.4. The first kappa shape index (κ1) is 38.7. The fourth-order valence-electron chi connectivity index (χ4n) is 6.66. The van der Waals surface area contributed by atoms with Gasteiger partial charge in [-0.2, -0.15) is 26.8 Å². The summed E-state index contributed by atoms with van der Waals surface area (Å²) in [6.07, 6.45) is -1.30. The highest BCUT2D eigenvalue weighted by Crippen LogP contribution is 2.51. The second-order valence-corrected chi connectivity index (χ2v) is 15.8. The minimum atomic E-state index is -4.52. The molecule has 3 atom stereocenters. The van der Waals surface area contributed by atoms with Crippen LogP contribution in [0.3, 0.4) is 0 Å². The van der Waals surface area contributed by atoms with Crippen LogP contribution in [0.2, 0.25) is 5.15 Å². The normalized spacial score (nSPS) is 19.4. The van der Waals surface area contributed by atoms with Crippen LogP contribution < -0.4 is 14.4 Å². The van der Waals surface area contributed by atoms with Gasteiger partial charge in [0.05, 0.1) is 24.6 Å². The highest BCUT2D eigenvalue weighted by molar-refractivity contribution is 7.90. The fraction of sp³-hybridized carbons (Fsp3) is 0.500. The molecule has 0 spiro atoms. The summed E-state index contributed by atoms with van der Waals surface area (Å²) in [5.74, 6) is -1.76. The summed E-state index contributed by atoms with van der Waals surface area (Å²) < 4.78 is 73.8. The van der Waals surface area contributed by atoms with Crippen molar-refractivity contribution in [1.82, 2.24) is 50.0 Å². The van der Waals surface area contributed by atoms with Crippen molar-refractivity contribution in [1.29, 1.82) is 0 Å². The van der Waals surface area contributed by atoms with Gasteiger partial charge in [0.25, 0.3) is 15.9 Å². The lowest BCUT2D eigenvalue weighted by molar-refractivity contribution is -0.151. The number of amides is 2. The van der Waals surface area contributed by atoms with Crippen molar-refractivity contribution in [2.45, 2.75) is 69.2 Å². The van der Waals surface area contributed by atoms with Gasteiger partial charge in [-0.3, -0.25) is 4.79 Å². The summed E-state index contributed by atoms with van der Waals surface area (Å²) >= 11 is 6.30. The van der Waals surface area contributed by atoms with Crippen molar-refractivity contribution in [3.05, 3.63) is 59.1 Å². The molecule has 22 heteroatoms. The summed E-state index contributed by atoms with van der Waals surface area (Å²) in [7, 11) is -4.52. The predicted octanol–water partition coefficient (Wildman–Crippen LogP) is 4.48. The lowest BCUT2D eigenvalue weighted by Gasteiger charge is -2.28. The molecule has 54 heavy (non-hydrogen) atoms. The van der Waals surface area contributed by atoms with E-state index in [9.17, 15) is 36.3 Å². The number of pyridine rings is 2. The molecule has 0 aromatic carbocycles. The van der Waals surface area contributed by atoms with Crippen LogP contribution in [0.15, 0.2) is 47.6 Å². The maximum Gasteiger partial charge on any atom is 0.407 e. The van der Waals surface area contributed by atoms with Crippen LogP contribution in [0, 0.1) is 17.8 Å². The van der Waals surface area contributed by atoms with E-state index in [0.29, 0.717) is 38.2 Å². The molecule has 1 aliphatic heterocycles. The number of halogens is 4. The SMILES string of the molecule is CC1(C)C[C@H](CCCN(Cc2nn[nH]n2)c2cccc(S(=O)(=O)NC(=O)c3ccc(-n4ccc(OCCC5CC5C(F)(F)F)n4)nc3Cl)n2)CN1C(=O)O. The predicted molar refractivity (Wildman–Crippen MR) is 184 cm³/mol. The first-order valence-corrected chi connectivity index (χ1v) is 18.8. The second kappa shape index (κ2) is 15.4. The average Bonchev–Trinajstić information content (AvgIpc) is 3.38. The van der Waals surface area contributed by atoms with E-state index in [4.69, 9.17) is 16.3 Å². The molecule has 4 aromatic heterocycles. The van der Waals surface area contributed by atoms with Gasteiger partial charge in [-0.05, 0) is 82.1 Å². The molecule has 2 unspecified atom stereocenters. The Bertz CT molecular complexity index is 2080. The smallest absolute Gasteiger partial charge is 0.407 e. The van der Waals surface area contributed by atoms with Crippen molar-refractivity contribution in [2.24, 2.45) is 17.8 Å². The van der Waals surface area contributed by atoms with Gasteiger partial charge in [-0.15, -0.1) is 15.3 Å². The second-order valence-electron chi connectivity index (χ2n) is 13.8. The zero-order valence-electron chi connectivity index (χ0n) is 29.1. The number of ether oxygens (including phenoxy) is 1. The summed E-state index contributed by atoms with van der Waals surface area (Å²) in [6.45, 7) is 4.80. The van der Waals surface area contributed by atoms with E-state index < -0.39 is 50.6 Å². The molecule has 290 valence electrons. The number of nitrogens with one attached hydrogen (secondary N) is 2. The Morgan fingerprint density at radius 3 is 2.63 bits per heavy atom. The van der Waals surface area contributed by atoms with Crippen LogP contribution in [0.4, 0.5) is 23.8 Å². The minimum Gasteiger partial charge on any atom is -0.477 e. The zero-order chi connectivity index (χ0) is 38.8. The van der Waals surface area contributed by atoms with Gasteiger partial charge in [0.1, 0.15) is 11.0 Å². The van der Waals surface area contributed by atoms with E-state index in [2.05, 4.69) is 35.7 Å². The third-order valence-electron chi connectivity index (χ3n) is 9.45. The van der Waals surface area contributed by atoms with Crippen molar-refractivity contribution < 1.29 is 41.0 Å². The molecule has 17 nitrogen and oxygen atoms in total. The van der Waals surface area contributed by atoms with Gasteiger partial charge in [-0.25, -0.2) is 24.2 Å². The number of anilines is 1. The van der Waals surface area contributed by atoms with Crippen molar-refractivity contribution in [2.75, 3.05) is 24.6 Å². The quantitative estimate of drug-likeness (QED) is 0.142. The van der Waals surface area contributed by atoms with E-state index in [0.717, 1.165) is 0 Å². The highest BCUT2D eigenvalue weighted by Gasteiger charge is 2.55. The standard InChI is InChI=1S/C32H37ClF3N11O6S/c1-31(2)16-19(17-46(31)30(49)50)5-4-12-45(18-23-39-43-44-40-23)24-6-3-7-27(37-24)54(51,52)42-29(48)21-8-9-25(38-28(21)33)47-13-10-26(41-47)53-14-11-20-15-22(20)32(34,35)36/h3,6-10,13,19-20,22H,4-5,11-12,14-18H2,1-2H3,(H,42,48)(H,49,50)(H,39,40,43,44)/t19-,20?,22?/m0/s1. The van der Waals surface area contributed by atoms with Crippen LogP contribution in [0.25, 0.3) is 5.82 Å². The van der Waals surface area contributed by atoms with Gasteiger partial charge in [-0.1, -0.05) is 22.9 Å². The number of H-pyrrole nitrogens is 1. The number of carboxylic acid groups (broad SMARTS) is 1. The van der Waals surface area contributed by atoms with Gasteiger partial charge < -0.3 is 19.6 Å². The molecule has 3 N–H and O–H groups in total. The zero-order valence-corrected chi connectivity index (χ0v) is 30.6. The number of tetrazole rings is 1. The Labute approximate surface area is 312 Å². The average molecular weight is 796 g/mol. The number of aromatic amines is 1. The van der Waals surface area contributed by atoms with E-state index >= 15 is 0 Å². The first-order chi connectivity index (χ1) is 25.5. The number of rotatable bonds is 15. The molecule has 2 fully saturated rings. The number of sulfonamides is 1. The summed E-state index contributed by atoms with van der Waals surface area (Å²) in [6, 6.07) is 8.44. The molecule has 2 amide bonds. The first-order valence-electron chi connectivity index (χ1n) is 16.9. The fourth-order valence-corrected chi connectivity index (χ4v) is 7.82. The number of nitrogens with zero attached hydrogens (tertiary/aromatic N) is 9. The largest absolute Gasteiger partial charge is 0.477 e. The molecule has 5 heterocycles. The van der Waals surface area contributed by atoms with Crippen molar-refractivity contribution in [3.63, 3.8) is 0 Å². The number of aromatic nitrogens is 8. The van der Waals surface area contributed by atoms with Crippen molar-refractivity contribution in [3.8, 4) is 11.7 Å². The van der Waals surface area contributed by atoms with Crippen LogP contribution in [-0.2, 0) is 16.6 Å². The lowest BCUT2D eigenvalue weighted by Crippen LogP contribution is -2.41. The Morgan fingerprint density at radius 2 is 1.96 bits per heavy atom. The van der Waals surface area contributed by atoms with E-state index in [1.807, 2.05) is 18.6 Å². The Kier molecular flexibility index (Phi) is 11.0. The molecule has 1 saturated heterocycles. The summed E-state index contributed by atoms with van der Waals surface area (Å²) in [5.41, 5.74) is -0.728. The van der Waals surface area contributed by atoms with Crippen LogP contribution in [0.5, 0.6) is 5.88 Å². The van der Waals surface area contributed by atoms with Gasteiger partial charge in [0.15, 0.2) is 16.7 Å². The van der Waals surface area contributed by atoms with Crippen LogP contribution in [-0.4, -0.2) is 102 Å². The summed E-state index contributed by atoms with van der Waals surface area (Å²) in [5, 5.41) is 27.0. The third-order valence-corrected chi connectivity index (χ3v) is 11.0. The van der Waals surface area contributed by atoms with E-state index in [1.54, 1.807) is 11.0 Å². The van der Waals surface area contributed by atoms with Crippen LogP contribution >= 0.6 is 11.6 Å². The van der Waals surface area contributed by atoms with Gasteiger partial charge in [0, 0.05) is 30.9 Å². The molecule has 4 aromatic rings. The minimum absolute atomic E-state index is 0.0544. The molecular weight excluding hydrogens is 759 g/mol. The molecular formula is C32H37ClF3N11O6S. The molecule has 6 rings (SSSR count). The maximum absolute atomic E-state index is 13.4. The van der Waals surface area contributed by atoms with Gasteiger partial charge >= 0.3 is 12.3 Å².